The van der Waals surface area contributed by atoms with E-state index >= 15 is 0 Å². The number of azo groups is 1. The second kappa shape index (κ2) is 11.9. The molecule has 0 spiro atoms. The highest BCUT2D eigenvalue weighted by atomic mass is 35.5. The molecular weight excluding hydrogens is 762 g/mol. The molecule has 0 unspecified atom stereocenters. The molecular formula is C23H16ClN7O14S4. The molecule has 0 radical (unpaired) electrons. The van der Waals surface area contributed by atoms with E-state index in [1.54, 1.807) is 0 Å². The van der Waals surface area contributed by atoms with E-state index in [4.69, 9.17) is 17.3 Å². The summed E-state index contributed by atoms with van der Waals surface area (Å²) >= 11 is 5.78. The first-order valence-corrected chi connectivity index (χ1v) is 18.5. The maximum atomic E-state index is 12.5. The van der Waals surface area contributed by atoms with E-state index in [-0.39, 0.29) is 0 Å². The van der Waals surface area contributed by atoms with E-state index in [1.807, 2.05) is 0 Å². The summed E-state index contributed by atoms with van der Waals surface area (Å²) in [4.78, 5) is 6.68. The first kappa shape index (κ1) is 35.4. The van der Waals surface area contributed by atoms with Crippen molar-refractivity contribution in [3.05, 3.63) is 47.7 Å². The minimum absolute atomic E-state index is 0.429. The second-order valence-corrected chi connectivity index (χ2v) is 15.5. The monoisotopic (exact) mass is 777 g/mol. The van der Waals surface area contributed by atoms with Crippen molar-refractivity contribution in [2.45, 2.75) is 19.6 Å². The average Bonchev–Trinajstić information content (AvgIpc) is 2.93. The van der Waals surface area contributed by atoms with Gasteiger partial charge < -0.3 is 21.3 Å². The van der Waals surface area contributed by atoms with Crippen molar-refractivity contribution in [3.8, 4) is 11.5 Å². The molecule has 5 aromatic rings. The lowest BCUT2D eigenvalue weighted by Crippen LogP contribution is -2.06. The Morgan fingerprint density at radius 3 is 1.96 bits per heavy atom. The highest BCUT2D eigenvalue weighted by Crippen LogP contribution is 2.47. The third-order valence-corrected chi connectivity index (χ3v) is 10.1. The number of nitrogens with one attached hydrogen (secondary N) is 1. The minimum atomic E-state index is -5.41. The predicted molar refractivity (Wildman–Crippen MR) is 167 cm³/mol. The van der Waals surface area contributed by atoms with E-state index in [0.29, 0.717) is 18.2 Å². The molecule has 0 aliphatic carbocycles. The Bertz CT molecular complexity index is 2720. The van der Waals surface area contributed by atoms with E-state index in [1.165, 1.54) is 0 Å². The smallest absolute Gasteiger partial charge is 0.297 e. The molecule has 0 aliphatic rings. The molecule has 0 aliphatic heterocycles. The molecule has 1 heterocycles. The van der Waals surface area contributed by atoms with Crippen LogP contribution in [0.4, 0.5) is 29.0 Å². The minimum Gasteiger partial charge on any atom is -0.507 e. The van der Waals surface area contributed by atoms with Crippen molar-refractivity contribution in [2.75, 3.05) is 11.1 Å². The highest BCUT2D eigenvalue weighted by Gasteiger charge is 2.29. The number of phenolic OH excluding ortho intramolecular Hbond substituents is 2. The zero-order valence-corrected chi connectivity index (χ0v) is 27.3. The maximum Gasteiger partial charge on any atom is 0.297 e. The van der Waals surface area contributed by atoms with Gasteiger partial charge in [0.05, 0.1) is 10.6 Å². The van der Waals surface area contributed by atoms with Crippen LogP contribution in [0.15, 0.2) is 72.3 Å². The number of aromatic hydroxyl groups is 2. The van der Waals surface area contributed by atoms with Crippen molar-refractivity contribution < 1.29 is 62.1 Å². The zero-order valence-electron chi connectivity index (χ0n) is 23.3. The number of hydrogen-bond donors (Lipinski definition) is 8. The molecule has 9 N–H and O–H groups in total. The molecule has 0 saturated carbocycles. The number of rotatable bonds is 8. The standard InChI is InChI=1S/C23H16ClN7O14S4/c24-21-27-22(25)29-23(28-21)26-11-6-9(46(34,35)36)4-8-5-15(48(40,41)42)18(19(33)16(8)11)31-30-12-7-13(32)17-10(20(12)49(43,44)45)2-1-3-14(17)47(37,38)39/h1-7,32-33H,(H,34,35,36)(H,37,38,39)(H,40,41,42)(H,43,44,45)(H3,25,26,27,28,29). The molecule has 0 bridgehead atoms. The lowest BCUT2D eigenvalue weighted by molar-refractivity contribution is 0.471. The molecule has 4 aromatic carbocycles. The average molecular weight is 778 g/mol. The summed E-state index contributed by atoms with van der Waals surface area (Å²) in [5.41, 5.74) is 2.94. The lowest BCUT2D eigenvalue weighted by Gasteiger charge is -2.15. The molecule has 0 amide bonds. The van der Waals surface area contributed by atoms with Crippen molar-refractivity contribution in [1.82, 2.24) is 15.0 Å². The van der Waals surface area contributed by atoms with Gasteiger partial charge in [-0.2, -0.15) is 48.6 Å². The number of nitrogens with two attached hydrogens (primary N) is 1. The Hall–Kier alpha value is -4.86. The van der Waals surface area contributed by atoms with E-state index < -0.39 is 127 Å². The Morgan fingerprint density at radius 1 is 0.735 bits per heavy atom. The molecule has 258 valence electrons. The van der Waals surface area contributed by atoms with Gasteiger partial charge in [0.15, 0.2) is 5.75 Å². The number of phenols is 2. The Labute approximate surface area is 278 Å². The summed E-state index contributed by atoms with van der Waals surface area (Å²) in [5.74, 6) is -3.11. The van der Waals surface area contributed by atoms with E-state index in [0.717, 1.165) is 24.3 Å². The van der Waals surface area contributed by atoms with Crippen LogP contribution in [0.3, 0.4) is 0 Å². The van der Waals surface area contributed by atoms with Gasteiger partial charge in [0, 0.05) is 22.2 Å². The third-order valence-electron chi connectivity index (χ3n) is 6.40. The van der Waals surface area contributed by atoms with Crippen LogP contribution in [0.25, 0.3) is 21.5 Å². The fourth-order valence-corrected chi connectivity index (χ4v) is 7.50. The number of nitrogens with zero attached hydrogens (tertiary/aromatic N) is 5. The van der Waals surface area contributed by atoms with Crippen molar-refractivity contribution in [2.24, 2.45) is 10.2 Å². The van der Waals surface area contributed by atoms with Crippen LogP contribution in [0.5, 0.6) is 11.5 Å². The molecule has 0 saturated heterocycles. The number of halogens is 1. The third kappa shape index (κ3) is 7.00. The number of hydrogen-bond acceptors (Lipinski definition) is 17. The summed E-state index contributed by atoms with van der Waals surface area (Å²) in [6, 6.07) is 5.11. The molecule has 5 rings (SSSR count). The van der Waals surface area contributed by atoms with Crippen LogP contribution in [0.1, 0.15) is 0 Å². The van der Waals surface area contributed by atoms with Gasteiger partial charge in [0.2, 0.25) is 17.2 Å². The Morgan fingerprint density at radius 2 is 1.39 bits per heavy atom. The molecule has 26 heteroatoms. The molecule has 0 atom stereocenters. The normalized spacial score (nSPS) is 13.0. The second-order valence-electron chi connectivity index (χ2n) is 9.58. The van der Waals surface area contributed by atoms with Gasteiger partial charge in [0.25, 0.3) is 40.5 Å². The summed E-state index contributed by atoms with van der Waals surface area (Å²) in [7, 11) is -20.9. The van der Waals surface area contributed by atoms with Crippen LogP contribution in [0, 0.1) is 0 Å². The van der Waals surface area contributed by atoms with E-state index in [2.05, 4.69) is 30.5 Å². The van der Waals surface area contributed by atoms with Gasteiger partial charge in [-0.15, -0.1) is 10.2 Å². The fourth-order valence-electron chi connectivity index (χ4n) is 4.60. The molecule has 49 heavy (non-hydrogen) atoms. The van der Waals surface area contributed by atoms with Crippen molar-refractivity contribution in [3.63, 3.8) is 0 Å². The van der Waals surface area contributed by atoms with E-state index in [9.17, 15) is 62.1 Å². The number of aromatic nitrogens is 3. The number of fused-ring (bicyclic) bond motifs is 2. The van der Waals surface area contributed by atoms with Gasteiger partial charge in [0.1, 0.15) is 31.8 Å². The quantitative estimate of drug-likeness (QED) is 0.0828. The maximum absolute atomic E-state index is 12.5. The fraction of sp³-hybridized carbons (Fsp3) is 0. The van der Waals surface area contributed by atoms with Gasteiger partial charge in [-0.25, -0.2) is 0 Å². The van der Waals surface area contributed by atoms with Gasteiger partial charge in [-0.3, -0.25) is 18.2 Å². The molecule has 1 aromatic heterocycles. The van der Waals surface area contributed by atoms with Crippen LogP contribution < -0.4 is 11.1 Å². The predicted octanol–water partition coefficient (Wildman–Crippen LogP) is 2.97. The Balaban J connectivity index is 1.86. The van der Waals surface area contributed by atoms with Crippen LogP contribution in [0.2, 0.25) is 5.28 Å². The van der Waals surface area contributed by atoms with Crippen LogP contribution >= 0.6 is 11.6 Å². The highest BCUT2D eigenvalue weighted by molar-refractivity contribution is 7.87. The number of benzene rings is 4. The summed E-state index contributed by atoms with van der Waals surface area (Å²) in [6.45, 7) is 0. The van der Waals surface area contributed by atoms with Gasteiger partial charge >= 0.3 is 0 Å². The van der Waals surface area contributed by atoms with Gasteiger partial charge in [-0.1, -0.05) is 12.1 Å². The Kier molecular flexibility index (Phi) is 8.63. The zero-order chi connectivity index (χ0) is 36.4. The van der Waals surface area contributed by atoms with Crippen molar-refractivity contribution >= 4 is 103 Å². The summed E-state index contributed by atoms with van der Waals surface area (Å²) < 4.78 is 137. The molecule has 0 fully saturated rings. The first-order chi connectivity index (χ1) is 22.5. The van der Waals surface area contributed by atoms with Crippen LogP contribution in [-0.4, -0.2) is 77.0 Å². The number of nitrogen functional groups attached to an aromatic ring is 1. The van der Waals surface area contributed by atoms with Crippen molar-refractivity contribution in [1.29, 1.82) is 0 Å². The SMILES string of the molecule is Nc1nc(Cl)nc(Nc2cc(S(=O)(=O)O)cc3cc(S(=O)(=O)O)c(N=Nc4cc(O)c5c(S(=O)(=O)O)cccc5c4S(=O)(=O)O)c(O)c23)n1. The topological polar surface area (TPSA) is 359 Å². The molecule has 21 nitrogen and oxygen atoms in total. The number of anilines is 3. The lowest BCUT2D eigenvalue weighted by atomic mass is 10.1. The first-order valence-electron chi connectivity index (χ1n) is 12.3. The van der Waals surface area contributed by atoms with Gasteiger partial charge in [-0.05, 0) is 41.3 Å². The summed E-state index contributed by atoms with van der Waals surface area (Å²) in [6.07, 6.45) is 0. The van der Waals surface area contributed by atoms with Crippen LogP contribution in [-0.2, 0) is 40.5 Å². The summed E-state index contributed by atoms with van der Waals surface area (Å²) in [5, 5.41) is 28.5. The largest absolute Gasteiger partial charge is 0.507 e.